The molecule has 0 bridgehead atoms. The van der Waals surface area contributed by atoms with Crippen LogP contribution in [0.5, 0.6) is 5.75 Å². The number of nitrogens with zero attached hydrogens (tertiary/aromatic N) is 5. The Morgan fingerprint density at radius 2 is 1.62 bits per heavy atom. The van der Waals surface area contributed by atoms with Gasteiger partial charge < -0.3 is 14.6 Å². The van der Waals surface area contributed by atoms with E-state index in [1.54, 1.807) is 30.1 Å². The molecular weight excluding hydrogens is 541 g/mol. The van der Waals surface area contributed by atoms with E-state index in [4.69, 9.17) is 19.7 Å². The summed E-state index contributed by atoms with van der Waals surface area (Å²) in [4.78, 5) is 30.9. The molecule has 1 N–H and O–H groups in total. The summed E-state index contributed by atoms with van der Waals surface area (Å²) in [6.07, 6.45) is 5.34. The minimum atomic E-state index is -1.13. The van der Waals surface area contributed by atoms with E-state index in [0.717, 1.165) is 27.1 Å². The Hall–Kier alpha value is -4.02. The number of nitrogens with one attached hydrogen (secondary N) is 1. The summed E-state index contributed by atoms with van der Waals surface area (Å²) in [5.74, 6) is 2.57. The Balaban J connectivity index is 1.44. The van der Waals surface area contributed by atoms with Crippen molar-refractivity contribution in [2.45, 2.75) is 29.3 Å². The summed E-state index contributed by atoms with van der Waals surface area (Å²) in [6, 6.07) is 23.9. The van der Waals surface area contributed by atoms with Crippen LogP contribution in [0.4, 0.5) is 10.6 Å². The molecule has 0 spiro atoms. The van der Waals surface area contributed by atoms with Gasteiger partial charge in [-0.1, -0.05) is 48.5 Å². The van der Waals surface area contributed by atoms with E-state index >= 15 is 0 Å². The van der Waals surface area contributed by atoms with E-state index in [1.165, 1.54) is 6.34 Å². The maximum absolute atomic E-state index is 13.7. The first-order valence-electron chi connectivity index (χ1n) is 12.8. The van der Waals surface area contributed by atoms with Crippen molar-refractivity contribution in [1.82, 2.24) is 19.8 Å². The van der Waals surface area contributed by atoms with Crippen LogP contribution in [0.15, 0.2) is 94.0 Å². The minimum absolute atomic E-state index is 0.248. The number of carbonyl (C=O) groups excluding carboxylic acids is 1. The van der Waals surface area contributed by atoms with Gasteiger partial charge in [0.1, 0.15) is 17.8 Å². The third kappa shape index (κ3) is 4.56. The molecule has 6 rings (SSSR count). The molecule has 1 aromatic heterocycles. The van der Waals surface area contributed by atoms with Gasteiger partial charge >= 0.3 is 6.03 Å². The molecule has 40 heavy (non-hydrogen) atoms. The predicted octanol–water partition coefficient (Wildman–Crippen LogP) is 5.63. The average Bonchev–Trinajstić information content (AvgIpc) is 3.46. The van der Waals surface area contributed by atoms with Crippen molar-refractivity contribution in [3.05, 3.63) is 107 Å². The van der Waals surface area contributed by atoms with Gasteiger partial charge in [0.25, 0.3) is 0 Å². The molecule has 8 nitrogen and oxygen atoms in total. The highest BCUT2D eigenvalue weighted by Crippen LogP contribution is 2.42. The Morgan fingerprint density at radius 3 is 2.30 bits per heavy atom. The second-order valence-electron chi connectivity index (χ2n) is 9.56. The molecule has 3 heterocycles. The molecule has 4 aromatic rings. The Labute approximate surface area is 242 Å². The molecule has 0 radical (unpaired) electrons. The standard InChI is InChI=1S/C30H28N6O2S2/c1-38-24-11-9-23(10-12-24)30-26-27(35(19-33-26)15-20-3-5-22(17-39)6-4-20)31-18-32-28(30)36(29(37)34-30)16-21-7-13-25(40-2)14-8-21/h3-14,18-19,39H,15-17H2,1-2H3,(H,34,37). The fraction of sp³-hybridized carbons (Fsp3) is 0.200. The van der Waals surface area contributed by atoms with E-state index in [-0.39, 0.29) is 6.03 Å². The molecule has 2 aliphatic heterocycles. The first-order chi connectivity index (χ1) is 19.5. The SMILES string of the molecule is COc1ccc(C23NC(=O)N(Cc4ccc(SC)cc4)C2=NC=Nc2c3ncn2Cc2ccc(CS)cc2)cc1. The molecule has 1 atom stereocenters. The lowest BCUT2D eigenvalue weighted by atomic mass is 9.85. The largest absolute Gasteiger partial charge is 0.497 e. The van der Waals surface area contributed by atoms with Crippen LogP contribution in [-0.4, -0.2) is 46.0 Å². The van der Waals surface area contributed by atoms with E-state index in [0.29, 0.717) is 41.9 Å². The lowest BCUT2D eigenvalue weighted by Crippen LogP contribution is -2.45. The Kier molecular flexibility index (Phi) is 7.12. The van der Waals surface area contributed by atoms with Gasteiger partial charge in [-0.15, -0.1) is 11.8 Å². The summed E-state index contributed by atoms with van der Waals surface area (Å²) < 4.78 is 7.40. The van der Waals surface area contributed by atoms with Crippen molar-refractivity contribution in [1.29, 1.82) is 0 Å². The number of aromatic nitrogens is 2. The second-order valence-corrected chi connectivity index (χ2v) is 10.8. The first-order valence-corrected chi connectivity index (χ1v) is 14.6. The van der Waals surface area contributed by atoms with Gasteiger partial charge in [0.15, 0.2) is 17.2 Å². The molecule has 2 aliphatic rings. The molecular formula is C30H28N6O2S2. The summed E-state index contributed by atoms with van der Waals surface area (Å²) in [7, 11) is 1.63. The van der Waals surface area contributed by atoms with Gasteiger partial charge in [0.05, 0.1) is 26.5 Å². The van der Waals surface area contributed by atoms with Gasteiger partial charge in [-0.3, -0.25) is 4.90 Å². The highest BCUT2D eigenvalue weighted by atomic mass is 32.2. The monoisotopic (exact) mass is 568 g/mol. The number of hydrogen-bond acceptors (Lipinski definition) is 7. The third-order valence-electron chi connectivity index (χ3n) is 7.24. The van der Waals surface area contributed by atoms with Crippen LogP contribution in [0.1, 0.15) is 27.9 Å². The van der Waals surface area contributed by atoms with E-state index < -0.39 is 5.54 Å². The minimum Gasteiger partial charge on any atom is -0.497 e. The van der Waals surface area contributed by atoms with Crippen LogP contribution < -0.4 is 10.1 Å². The molecule has 1 unspecified atom stereocenters. The van der Waals surface area contributed by atoms with Gasteiger partial charge in [-0.05, 0) is 52.8 Å². The number of thioether (sulfide) groups is 1. The highest BCUT2D eigenvalue weighted by molar-refractivity contribution is 7.98. The number of fused-ring (bicyclic) bond motifs is 3. The lowest BCUT2D eigenvalue weighted by Gasteiger charge is -2.28. The predicted molar refractivity (Wildman–Crippen MR) is 162 cm³/mol. The van der Waals surface area contributed by atoms with Crippen molar-refractivity contribution < 1.29 is 9.53 Å². The van der Waals surface area contributed by atoms with E-state index in [9.17, 15) is 4.79 Å². The maximum atomic E-state index is 13.7. The number of amides is 2. The van der Waals surface area contributed by atoms with Crippen LogP contribution in [0.2, 0.25) is 0 Å². The molecule has 1 fully saturated rings. The van der Waals surface area contributed by atoms with Crippen LogP contribution >= 0.6 is 24.4 Å². The number of ether oxygens (including phenoxy) is 1. The van der Waals surface area contributed by atoms with Crippen molar-refractivity contribution in [3.63, 3.8) is 0 Å². The fourth-order valence-corrected chi connectivity index (χ4v) is 5.75. The number of aliphatic imine (C=N–C) groups is 2. The lowest BCUT2D eigenvalue weighted by molar-refractivity contribution is 0.225. The van der Waals surface area contributed by atoms with Crippen LogP contribution in [-0.2, 0) is 24.4 Å². The molecule has 0 saturated carbocycles. The number of hydrogen-bond donors (Lipinski definition) is 2. The van der Waals surface area contributed by atoms with Crippen molar-refractivity contribution in [2.24, 2.45) is 9.98 Å². The summed E-state index contributed by atoms with van der Waals surface area (Å²) in [6.45, 7) is 0.929. The quantitative estimate of drug-likeness (QED) is 0.213. The zero-order valence-electron chi connectivity index (χ0n) is 22.1. The molecule has 0 aliphatic carbocycles. The van der Waals surface area contributed by atoms with Crippen molar-refractivity contribution in [2.75, 3.05) is 13.4 Å². The second kappa shape index (κ2) is 10.9. The molecule has 3 aromatic carbocycles. The maximum Gasteiger partial charge on any atom is 0.324 e. The highest BCUT2D eigenvalue weighted by Gasteiger charge is 2.55. The summed E-state index contributed by atoms with van der Waals surface area (Å²) >= 11 is 6.04. The summed E-state index contributed by atoms with van der Waals surface area (Å²) in [5, 5.41) is 3.25. The van der Waals surface area contributed by atoms with Gasteiger partial charge in [0.2, 0.25) is 0 Å². The third-order valence-corrected chi connectivity index (χ3v) is 8.35. The number of imidazole rings is 1. The number of carbonyl (C=O) groups is 1. The number of amidine groups is 1. The van der Waals surface area contributed by atoms with Gasteiger partial charge in [-0.25, -0.2) is 19.8 Å². The topological polar surface area (TPSA) is 84.1 Å². The Morgan fingerprint density at radius 1 is 0.950 bits per heavy atom. The average molecular weight is 569 g/mol. The number of urea groups is 1. The zero-order chi connectivity index (χ0) is 27.7. The van der Waals surface area contributed by atoms with Crippen molar-refractivity contribution in [3.8, 4) is 5.75 Å². The van der Waals surface area contributed by atoms with E-state index in [2.05, 4.69) is 54.3 Å². The zero-order valence-corrected chi connectivity index (χ0v) is 23.8. The van der Waals surface area contributed by atoms with Gasteiger partial charge in [-0.2, -0.15) is 12.6 Å². The van der Waals surface area contributed by atoms with Gasteiger partial charge in [0, 0.05) is 10.6 Å². The van der Waals surface area contributed by atoms with Crippen LogP contribution in [0.25, 0.3) is 0 Å². The van der Waals surface area contributed by atoms with Crippen LogP contribution in [0, 0.1) is 0 Å². The number of thiol groups is 1. The Bertz CT molecular complexity index is 1600. The van der Waals surface area contributed by atoms with E-state index in [1.807, 2.05) is 47.2 Å². The number of benzene rings is 3. The molecule has 1 saturated heterocycles. The smallest absolute Gasteiger partial charge is 0.324 e. The normalized spacial score (nSPS) is 17.6. The molecule has 10 heteroatoms. The first kappa shape index (κ1) is 26.2. The van der Waals surface area contributed by atoms with Crippen molar-refractivity contribution >= 4 is 48.4 Å². The number of rotatable bonds is 8. The molecule has 2 amide bonds. The number of methoxy groups -OCH3 is 1. The fourth-order valence-electron chi connectivity index (χ4n) is 5.13. The molecule has 202 valence electrons. The van der Waals surface area contributed by atoms with Crippen LogP contribution in [0.3, 0.4) is 0 Å². The summed E-state index contributed by atoms with van der Waals surface area (Å²) in [5.41, 5.74) is 3.56.